The largest absolute Gasteiger partial charge is 0.394 e. The third-order valence-electron chi connectivity index (χ3n) is 4.67. The van der Waals surface area contributed by atoms with Gasteiger partial charge in [-0.15, -0.1) is 0 Å². The highest BCUT2D eigenvalue weighted by Crippen LogP contribution is 2.26. The minimum atomic E-state index is -0.707. The fourth-order valence-electron chi connectivity index (χ4n) is 3.35. The molecule has 0 spiro atoms. The summed E-state index contributed by atoms with van der Waals surface area (Å²) in [5, 5.41) is 12.0. The van der Waals surface area contributed by atoms with Crippen LogP contribution < -0.4 is 0 Å². The van der Waals surface area contributed by atoms with Crippen LogP contribution in [-0.2, 0) is 0 Å². The molecule has 0 bridgehead atoms. The van der Waals surface area contributed by atoms with Crippen molar-refractivity contribution in [2.24, 2.45) is 0 Å². The van der Waals surface area contributed by atoms with Crippen molar-refractivity contribution < 1.29 is 14.7 Å². The molecule has 1 N–H and O–H groups in total. The number of rotatable bonds is 4. The second-order valence-corrected chi connectivity index (χ2v) is 6.20. The number of hydrogen-bond acceptors (Lipinski definition) is 3. The number of carbonyl (C=O) groups excluding carboxylic acids is 2. The van der Waals surface area contributed by atoms with Crippen LogP contribution in [0.3, 0.4) is 0 Å². The standard InChI is InChI=1S/C22H17NO3/c24-14-17(23-21(25)19-10-3-4-11-20(19)22(23)26)13-12-16-8-5-7-15-6-1-2-9-18(15)16/h1-13,17,24H,14H2/b13-12+/t17-/m1/s1. The fraction of sp³-hybridized carbons (Fsp3) is 0.0909. The number of aliphatic hydroxyl groups is 1. The summed E-state index contributed by atoms with van der Waals surface area (Å²) in [4.78, 5) is 26.3. The van der Waals surface area contributed by atoms with E-state index in [0.29, 0.717) is 11.1 Å². The second kappa shape index (κ2) is 6.58. The van der Waals surface area contributed by atoms with E-state index in [9.17, 15) is 14.7 Å². The first-order valence-electron chi connectivity index (χ1n) is 8.44. The molecular formula is C22H17NO3. The Hall–Kier alpha value is -3.24. The summed E-state index contributed by atoms with van der Waals surface area (Å²) in [5.74, 6) is -0.737. The summed E-state index contributed by atoms with van der Waals surface area (Å²) in [6.07, 6.45) is 3.57. The predicted octanol–water partition coefficient (Wildman–Crippen LogP) is 3.51. The fourth-order valence-corrected chi connectivity index (χ4v) is 3.35. The van der Waals surface area contributed by atoms with Crippen LogP contribution in [0.5, 0.6) is 0 Å². The summed E-state index contributed by atoms with van der Waals surface area (Å²) in [5.41, 5.74) is 1.74. The zero-order valence-electron chi connectivity index (χ0n) is 14.0. The van der Waals surface area contributed by atoms with Gasteiger partial charge in [0.05, 0.1) is 23.8 Å². The molecule has 0 saturated carbocycles. The smallest absolute Gasteiger partial charge is 0.262 e. The number of amides is 2. The summed E-state index contributed by atoms with van der Waals surface area (Å²) >= 11 is 0. The lowest BCUT2D eigenvalue weighted by Crippen LogP contribution is -2.40. The highest BCUT2D eigenvalue weighted by molar-refractivity contribution is 6.21. The number of hydrogen-bond donors (Lipinski definition) is 1. The first-order valence-corrected chi connectivity index (χ1v) is 8.44. The lowest BCUT2D eigenvalue weighted by Gasteiger charge is -2.21. The van der Waals surface area contributed by atoms with Gasteiger partial charge in [-0.3, -0.25) is 14.5 Å². The van der Waals surface area contributed by atoms with Crippen LogP contribution in [0.1, 0.15) is 26.3 Å². The van der Waals surface area contributed by atoms with E-state index in [4.69, 9.17) is 0 Å². The van der Waals surface area contributed by atoms with Gasteiger partial charge < -0.3 is 5.11 Å². The Labute approximate surface area is 151 Å². The average molecular weight is 343 g/mol. The van der Waals surface area contributed by atoms with Gasteiger partial charge >= 0.3 is 0 Å². The molecule has 0 aliphatic carbocycles. The minimum absolute atomic E-state index is 0.327. The molecule has 1 aliphatic rings. The SMILES string of the molecule is O=C1c2ccccc2C(=O)N1[C@H](/C=C/c1cccc2ccccc12)CO. The number of imide groups is 1. The van der Waals surface area contributed by atoms with Gasteiger partial charge in [-0.05, 0) is 28.5 Å². The van der Waals surface area contributed by atoms with Crippen LogP contribution in [0.15, 0.2) is 72.8 Å². The van der Waals surface area contributed by atoms with Crippen LogP contribution in [0, 0.1) is 0 Å². The summed E-state index contributed by atoms with van der Waals surface area (Å²) in [6, 6.07) is 20.0. The molecule has 3 aromatic carbocycles. The Morgan fingerprint density at radius 1 is 0.846 bits per heavy atom. The van der Waals surface area contributed by atoms with Crippen LogP contribution in [0.4, 0.5) is 0 Å². The lowest BCUT2D eigenvalue weighted by molar-refractivity contribution is 0.0565. The van der Waals surface area contributed by atoms with Crippen molar-refractivity contribution >= 4 is 28.7 Å². The minimum Gasteiger partial charge on any atom is -0.394 e. The number of nitrogens with zero attached hydrogens (tertiary/aromatic N) is 1. The van der Waals surface area contributed by atoms with E-state index in [1.807, 2.05) is 48.5 Å². The maximum Gasteiger partial charge on any atom is 0.262 e. The van der Waals surface area contributed by atoms with Gasteiger partial charge in [0.25, 0.3) is 11.8 Å². The summed E-state index contributed by atoms with van der Waals surface area (Å²) in [6.45, 7) is -0.327. The van der Waals surface area contributed by atoms with Gasteiger partial charge in [-0.1, -0.05) is 66.7 Å². The van der Waals surface area contributed by atoms with Gasteiger partial charge in [0.1, 0.15) is 0 Å². The van der Waals surface area contributed by atoms with Crippen LogP contribution in [-0.4, -0.2) is 34.5 Å². The third-order valence-corrected chi connectivity index (χ3v) is 4.67. The molecule has 2 amide bonds. The Morgan fingerprint density at radius 2 is 1.46 bits per heavy atom. The van der Waals surface area contributed by atoms with Crippen molar-refractivity contribution in [1.29, 1.82) is 0 Å². The highest BCUT2D eigenvalue weighted by atomic mass is 16.3. The molecule has 128 valence electrons. The lowest BCUT2D eigenvalue weighted by atomic mass is 10.0. The Balaban J connectivity index is 1.68. The van der Waals surface area contributed by atoms with Crippen molar-refractivity contribution in [3.63, 3.8) is 0 Å². The molecule has 0 aromatic heterocycles. The zero-order valence-corrected chi connectivity index (χ0v) is 14.0. The highest BCUT2D eigenvalue weighted by Gasteiger charge is 2.38. The van der Waals surface area contributed by atoms with E-state index in [2.05, 4.69) is 0 Å². The molecular weight excluding hydrogens is 326 g/mol. The van der Waals surface area contributed by atoms with E-state index < -0.39 is 6.04 Å². The molecule has 1 heterocycles. The van der Waals surface area contributed by atoms with Gasteiger partial charge in [0, 0.05) is 0 Å². The number of fused-ring (bicyclic) bond motifs is 2. The molecule has 1 atom stereocenters. The maximum absolute atomic E-state index is 12.6. The van der Waals surface area contributed by atoms with E-state index in [0.717, 1.165) is 21.2 Å². The first-order chi connectivity index (χ1) is 12.7. The number of carbonyl (C=O) groups is 2. The van der Waals surface area contributed by atoms with Crippen molar-refractivity contribution in [3.8, 4) is 0 Å². The van der Waals surface area contributed by atoms with Gasteiger partial charge in [0.2, 0.25) is 0 Å². The Bertz CT molecular complexity index is 998. The van der Waals surface area contributed by atoms with Gasteiger partial charge in [-0.2, -0.15) is 0 Å². The van der Waals surface area contributed by atoms with Gasteiger partial charge in [-0.25, -0.2) is 0 Å². The van der Waals surface area contributed by atoms with Crippen LogP contribution >= 0.6 is 0 Å². The quantitative estimate of drug-likeness (QED) is 0.738. The predicted molar refractivity (Wildman–Crippen MR) is 101 cm³/mol. The third kappa shape index (κ3) is 2.61. The molecule has 26 heavy (non-hydrogen) atoms. The summed E-state index contributed by atoms with van der Waals surface area (Å²) in [7, 11) is 0. The molecule has 4 nitrogen and oxygen atoms in total. The topological polar surface area (TPSA) is 57.6 Å². The summed E-state index contributed by atoms with van der Waals surface area (Å²) < 4.78 is 0. The first kappa shape index (κ1) is 16.2. The van der Waals surface area contributed by atoms with Crippen molar-refractivity contribution in [2.45, 2.75) is 6.04 Å². The number of aliphatic hydroxyl groups excluding tert-OH is 1. The maximum atomic E-state index is 12.6. The molecule has 3 aromatic rings. The monoisotopic (exact) mass is 343 g/mol. The van der Waals surface area contributed by atoms with E-state index in [1.165, 1.54) is 0 Å². The van der Waals surface area contributed by atoms with E-state index in [-0.39, 0.29) is 18.4 Å². The zero-order chi connectivity index (χ0) is 18.1. The molecule has 0 unspecified atom stereocenters. The molecule has 0 radical (unpaired) electrons. The molecule has 4 rings (SSSR count). The van der Waals surface area contributed by atoms with Crippen molar-refractivity contribution in [3.05, 3.63) is 89.5 Å². The van der Waals surface area contributed by atoms with E-state index >= 15 is 0 Å². The normalized spacial score (nSPS) is 15.0. The molecule has 1 aliphatic heterocycles. The van der Waals surface area contributed by atoms with Gasteiger partial charge in [0.15, 0.2) is 0 Å². The molecule has 0 fully saturated rings. The molecule has 4 heteroatoms. The van der Waals surface area contributed by atoms with Crippen molar-refractivity contribution in [2.75, 3.05) is 6.61 Å². The second-order valence-electron chi connectivity index (χ2n) is 6.20. The molecule has 0 saturated heterocycles. The van der Waals surface area contributed by atoms with Crippen LogP contribution in [0.25, 0.3) is 16.8 Å². The average Bonchev–Trinajstić information content (AvgIpc) is 2.94. The Morgan fingerprint density at radius 3 is 2.15 bits per heavy atom. The van der Waals surface area contributed by atoms with Crippen LogP contribution in [0.2, 0.25) is 0 Å². The van der Waals surface area contributed by atoms with E-state index in [1.54, 1.807) is 30.3 Å². The van der Waals surface area contributed by atoms with Crippen molar-refractivity contribution in [1.82, 2.24) is 4.90 Å². The number of benzene rings is 3. The Kier molecular flexibility index (Phi) is 4.11.